The number of aromatic nitrogens is 4. The van der Waals surface area contributed by atoms with E-state index in [0.29, 0.717) is 23.7 Å². The number of rotatable bonds is 5. The molecule has 1 unspecified atom stereocenters. The first-order valence-electron chi connectivity index (χ1n) is 7.88. The molecule has 0 bridgehead atoms. The molecule has 1 N–H and O–H groups in total. The van der Waals surface area contributed by atoms with Gasteiger partial charge in [-0.25, -0.2) is 4.98 Å². The molecule has 0 fully saturated rings. The van der Waals surface area contributed by atoms with E-state index >= 15 is 0 Å². The number of nitrogens with zero attached hydrogens (tertiary/aromatic N) is 3. The number of aryl methyl sites for hydroxylation is 1. The highest BCUT2D eigenvalue weighted by Crippen LogP contribution is 2.25. The van der Waals surface area contributed by atoms with Crippen LogP contribution >= 0.6 is 0 Å². The molecule has 1 atom stereocenters. The van der Waals surface area contributed by atoms with E-state index in [9.17, 15) is 0 Å². The quantitative estimate of drug-likeness (QED) is 0.757. The molecule has 0 aliphatic heterocycles. The minimum absolute atomic E-state index is 0.406. The molecule has 0 saturated heterocycles. The highest BCUT2D eigenvalue weighted by Gasteiger charge is 2.14. The van der Waals surface area contributed by atoms with Crippen molar-refractivity contribution in [2.75, 3.05) is 0 Å². The summed E-state index contributed by atoms with van der Waals surface area (Å²) < 4.78 is 7.77. The summed E-state index contributed by atoms with van der Waals surface area (Å²) in [7, 11) is 0. The van der Waals surface area contributed by atoms with Crippen LogP contribution in [0.15, 0.2) is 42.7 Å². The fourth-order valence-electron chi connectivity index (χ4n) is 2.40. The molecular weight excluding hydrogens is 288 g/mol. The Kier molecular flexibility index (Phi) is 4.19. The summed E-state index contributed by atoms with van der Waals surface area (Å²) in [6.07, 6.45) is 3.71. The van der Waals surface area contributed by atoms with E-state index < -0.39 is 0 Å². The molecule has 0 radical (unpaired) electrons. The zero-order valence-corrected chi connectivity index (χ0v) is 13.9. The SMILES string of the molecule is Cc1nc(Oc2ncc(C(C)C(C)C)[nH]2)cn1-c1ccccc1. The van der Waals surface area contributed by atoms with E-state index in [1.807, 2.05) is 54.2 Å². The van der Waals surface area contributed by atoms with Gasteiger partial charge in [0.05, 0.1) is 12.4 Å². The van der Waals surface area contributed by atoms with Gasteiger partial charge < -0.3 is 9.72 Å². The van der Waals surface area contributed by atoms with Gasteiger partial charge in [-0.2, -0.15) is 4.98 Å². The lowest BCUT2D eigenvalue weighted by molar-refractivity contribution is 0.428. The van der Waals surface area contributed by atoms with Crippen molar-refractivity contribution in [3.63, 3.8) is 0 Å². The number of ether oxygens (including phenoxy) is 1. The van der Waals surface area contributed by atoms with Gasteiger partial charge in [0.25, 0.3) is 0 Å². The summed E-state index contributed by atoms with van der Waals surface area (Å²) >= 11 is 0. The maximum Gasteiger partial charge on any atom is 0.300 e. The van der Waals surface area contributed by atoms with E-state index in [4.69, 9.17) is 4.74 Å². The fourth-order valence-corrected chi connectivity index (χ4v) is 2.40. The second-order valence-corrected chi connectivity index (χ2v) is 6.11. The maximum atomic E-state index is 5.77. The van der Waals surface area contributed by atoms with Crippen molar-refractivity contribution >= 4 is 0 Å². The summed E-state index contributed by atoms with van der Waals surface area (Å²) in [6, 6.07) is 10.5. The van der Waals surface area contributed by atoms with Gasteiger partial charge in [-0.15, -0.1) is 0 Å². The van der Waals surface area contributed by atoms with E-state index in [-0.39, 0.29) is 0 Å². The van der Waals surface area contributed by atoms with Crippen molar-refractivity contribution in [1.82, 2.24) is 19.5 Å². The van der Waals surface area contributed by atoms with Crippen LogP contribution in [0.1, 0.15) is 38.2 Å². The molecular formula is C18H22N4O. The molecule has 3 aromatic rings. The summed E-state index contributed by atoms with van der Waals surface area (Å²) in [5.41, 5.74) is 2.13. The van der Waals surface area contributed by atoms with Gasteiger partial charge >= 0.3 is 6.01 Å². The number of nitrogens with one attached hydrogen (secondary N) is 1. The predicted octanol–water partition coefficient (Wildman–Crippen LogP) is 4.46. The number of benzene rings is 1. The third-order valence-electron chi connectivity index (χ3n) is 4.16. The lowest BCUT2D eigenvalue weighted by Crippen LogP contribution is -2.02. The van der Waals surface area contributed by atoms with Crippen molar-refractivity contribution in [1.29, 1.82) is 0 Å². The molecule has 0 saturated carbocycles. The Morgan fingerprint density at radius 1 is 1.13 bits per heavy atom. The highest BCUT2D eigenvalue weighted by atomic mass is 16.5. The Morgan fingerprint density at radius 3 is 2.57 bits per heavy atom. The fraction of sp³-hybridized carbons (Fsp3) is 0.333. The van der Waals surface area contributed by atoms with Crippen molar-refractivity contribution in [2.24, 2.45) is 5.92 Å². The number of H-pyrrole nitrogens is 1. The summed E-state index contributed by atoms with van der Waals surface area (Å²) in [5, 5.41) is 0. The summed E-state index contributed by atoms with van der Waals surface area (Å²) in [6.45, 7) is 8.51. The second-order valence-electron chi connectivity index (χ2n) is 6.11. The third kappa shape index (κ3) is 3.28. The minimum atomic E-state index is 0.406. The Balaban J connectivity index is 1.79. The van der Waals surface area contributed by atoms with Gasteiger partial charge in [-0.1, -0.05) is 39.0 Å². The van der Waals surface area contributed by atoms with Gasteiger partial charge in [0, 0.05) is 17.3 Å². The van der Waals surface area contributed by atoms with E-state index in [0.717, 1.165) is 17.2 Å². The van der Waals surface area contributed by atoms with Crippen LogP contribution in [0.25, 0.3) is 5.69 Å². The van der Waals surface area contributed by atoms with Crippen LogP contribution in [0.3, 0.4) is 0 Å². The largest absolute Gasteiger partial charge is 0.405 e. The van der Waals surface area contributed by atoms with Gasteiger partial charge in [0.15, 0.2) is 0 Å². The zero-order chi connectivity index (χ0) is 16.4. The molecule has 120 valence electrons. The average molecular weight is 310 g/mol. The normalized spacial score (nSPS) is 12.6. The van der Waals surface area contributed by atoms with Crippen LogP contribution in [0.2, 0.25) is 0 Å². The van der Waals surface area contributed by atoms with Crippen LogP contribution in [0.5, 0.6) is 11.9 Å². The molecule has 0 aliphatic rings. The van der Waals surface area contributed by atoms with E-state index in [1.165, 1.54) is 0 Å². The van der Waals surface area contributed by atoms with Crippen molar-refractivity contribution in [3.8, 4) is 17.6 Å². The molecule has 0 aliphatic carbocycles. The van der Waals surface area contributed by atoms with Crippen molar-refractivity contribution < 1.29 is 4.74 Å². The molecule has 2 heterocycles. The Labute approximate surface area is 136 Å². The first-order chi connectivity index (χ1) is 11.0. The molecule has 5 nitrogen and oxygen atoms in total. The molecule has 0 amide bonds. The lowest BCUT2D eigenvalue weighted by Gasteiger charge is -2.12. The summed E-state index contributed by atoms with van der Waals surface area (Å²) in [4.78, 5) is 12.0. The van der Waals surface area contributed by atoms with Gasteiger partial charge in [0.1, 0.15) is 5.82 Å². The second kappa shape index (κ2) is 6.28. The zero-order valence-electron chi connectivity index (χ0n) is 13.9. The average Bonchev–Trinajstić information content (AvgIpc) is 3.14. The Morgan fingerprint density at radius 2 is 1.87 bits per heavy atom. The Hall–Kier alpha value is -2.56. The number of aromatic amines is 1. The van der Waals surface area contributed by atoms with Crippen LogP contribution in [0, 0.1) is 12.8 Å². The number of imidazole rings is 2. The molecule has 3 rings (SSSR count). The van der Waals surface area contributed by atoms with Crippen LogP contribution < -0.4 is 4.74 Å². The highest BCUT2D eigenvalue weighted by molar-refractivity contribution is 5.35. The lowest BCUT2D eigenvalue weighted by atomic mass is 9.95. The van der Waals surface area contributed by atoms with Crippen LogP contribution in [-0.4, -0.2) is 19.5 Å². The first kappa shape index (κ1) is 15.3. The molecule has 2 aromatic heterocycles. The number of hydrogen-bond donors (Lipinski definition) is 1. The van der Waals surface area contributed by atoms with Crippen LogP contribution in [-0.2, 0) is 0 Å². The first-order valence-corrected chi connectivity index (χ1v) is 7.88. The van der Waals surface area contributed by atoms with E-state index in [1.54, 1.807) is 0 Å². The number of para-hydroxylation sites is 1. The maximum absolute atomic E-state index is 5.77. The molecule has 0 spiro atoms. The van der Waals surface area contributed by atoms with Gasteiger partial charge in [-0.05, 0) is 25.0 Å². The minimum Gasteiger partial charge on any atom is -0.405 e. The number of hydrogen-bond acceptors (Lipinski definition) is 3. The third-order valence-corrected chi connectivity index (χ3v) is 4.16. The summed E-state index contributed by atoms with van der Waals surface area (Å²) in [5.74, 6) is 2.35. The van der Waals surface area contributed by atoms with Gasteiger partial charge in [0.2, 0.25) is 5.88 Å². The topological polar surface area (TPSA) is 55.7 Å². The molecule has 1 aromatic carbocycles. The Bertz CT molecular complexity index is 773. The monoisotopic (exact) mass is 310 g/mol. The van der Waals surface area contributed by atoms with Gasteiger partial charge in [-0.3, -0.25) is 4.57 Å². The van der Waals surface area contributed by atoms with Crippen molar-refractivity contribution in [3.05, 3.63) is 54.2 Å². The molecule has 5 heteroatoms. The van der Waals surface area contributed by atoms with Crippen molar-refractivity contribution in [2.45, 2.75) is 33.6 Å². The predicted molar refractivity (Wildman–Crippen MR) is 90.2 cm³/mol. The smallest absolute Gasteiger partial charge is 0.300 e. The standard InChI is InChI=1S/C18H22N4O/c1-12(2)13(3)16-10-19-18(21-16)23-17-11-22(14(4)20-17)15-8-6-5-7-9-15/h5-13H,1-4H3,(H,19,21). The van der Waals surface area contributed by atoms with E-state index in [2.05, 4.69) is 35.7 Å². The molecule has 23 heavy (non-hydrogen) atoms. The van der Waals surface area contributed by atoms with Crippen LogP contribution in [0.4, 0.5) is 0 Å².